The zero-order valence-electron chi connectivity index (χ0n) is 12.1. The first-order chi connectivity index (χ1) is 10.1. The van der Waals surface area contributed by atoms with E-state index in [-0.39, 0.29) is 18.7 Å². The third-order valence-electron chi connectivity index (χ3n) is 3.24. The minimum absolute atomic E-state index is 0.0568. The summed E-state index contributed by atoms with van der Waals surface area (Å²) in [5.74, 6) is 0. The second-order valence-electron chi connectivity index (χ2n) is 4.81. The average molecular weight is 305 g/mol. The highest BCUT2D eigenvalue weighted by Gasteiger charge is 2.14. The lowest BCUT2D eigenvalue weighted by Crippen LogP contribution is -2.43. The highest BCUT2D eigenvalue weighted by atomic mass is 32.1. The van der Waals surface area contributed by atoms with Crippen molar-refractivity contribution < 1.29 is 9.90 Å². The lowest BCUT2D eigenvalue weighted by Gasteiger charge is -2.23. The first kappa shape index (κ1) is 15.5. The van der Waals surface area contributed by atoms with Gasteiger partial charge in [0.05, 0.1) is 24.9 Å². The fraction of sp³-hybridized carbons (Fsp3) is 0.333. The Hall–Kier alpha value is -1.92. The van der Waals surface area contributed by atoms with E-state index in [9.17, 15) is 4.79 Å². The Bertz CT molecular complexity index is 586. The van der Waals surface area contributed by atoms with Gasteiger partial charge >= 0.3 is 6.03 Å². The van der Waals surface area contributed by atoms with Crippen molar-refractivity contribution in [2.24, 2.45) is 0 Å². The van der Waals surface area contributed by atoms with Crippen molar-refractivity contribution in [2.75, 3.05) is 13.7 Å². The number of aromatic nitrogens is 1. The van der Waals surface area contributed by atoms with Crippen LogP contribution in [0.2, 0.25) is 0 Å². The standard InChI is InChI=1S/C15H19N3O2S/c1-11(9-19)18(2)15(20)16-8-13-10-21-14(17-13)12-6-4-3-5-7-12/h3-7,10-11,19H,8-9H2,1-2H3,(H,16,20). The first-order valence-electron chi connectivity index (χ1n) is 6.73. The molecule has 0 spiro atoms. The molecule has 0 bridgehead atoms. The van der Waals surface area contributed by atoms with Gasteiger partial charge in [-0.2, -0.15) is 0 Å². The van der Waals surface area contributed by atoms with Gasteiger partial charge in [-0.3, -0.25) is 0 Å². The molecule has 1 unspecified atom stereocenters. The lowest BCUT2D eigenvalue weighted by atomic mass is 10.2. The summed E-state index contributed by atoms with van der Waals surface area (Å²) in [5, 5.41) is 14.7. The number of carbonyl (C=O) groups excluding carboxylic acids is 1. The van der Waals surface area contributed by atoms with Crippen molar-refractivity contribution in [3.63, 3.8) is 0 Å². The molecule has 0 aliphatic heterocycles. The number of benzene rings is 1. The largest absolute Gasteiger partial charge is 0.394 e. The number of hydrogen-bond donors (Lipinski definition) is 2. The number of rotatable bonds is 5. The second kappa shape index (κ2) is 7.19. The summed E-state index contributed by atoms with van der Waals surface area (Å²) in [4.78, 5) is 17.9. The highest BCUT2D eigenvalue weighted by Crippen LogP contribution is 2.23. The van der Waals surface area contributed by atoms with E-state index in [0.29, 0.717) is 6.54 Å². The van der Waals surface area contributed by atoms with Crippen LogP contribution >= 0.6 is 11.3 Å². The molecular weight excluding hydrogens is 286 g/mol. The van der Waals surface area contributed by atoms with E-state index in [1.54, 1.807) is 25.3 Å². The number of carbonyl (C=O) groups is 1. The molecule has 6 heteroatoms. The maximum Gasteiger partial charge on any atom is 0.317 e. The molecule has 0 aliphatic rings. The second-order valence-corrected chi connectivity index (χ2v) is 5.67. The topological polar surface area (TPSA) is 65.5 Å². The van der Waals surface area contributed by atoms with Gasteiger partial charge in [0.15, 0.2) is 0 Å². The Morgan fingerprint density at radius 1 is 1.43 bits per heavy atom. The summed E-state index contributed by atoms with van der Waals surface area (Å²) < 4.78 is 0. The van der Waals surface area contributed by atoms with Crippen LogP contribution in [0.3, 0.4) is 0 Å². The third kappa shape index (κ3) is 4.03. The normalized spacial score (nSPS) is 12.0. The van der Waals surface area contributed by atoms with Crippen molar-refractivity contribution in [1.29, 1.82) is 0 Å². The maximum absolute atomic E-state index is 11.9. The van der Waals surface area contributed by atoms with Gasteiger partial charge in [-0.1, -0.05) is 30.3 Å². The molecule has 0 aliphatic carbocycles. The van der Waals surface area contributed by atoms with Crippen molar-refractivity contribution in [3.8, 4) is 10.6 Å². The summed E-state index contributed by atoms with van der Waals surface area (Å²) in [6, 6.07) is 9.52. The Morgan fingerprint density at radius 3 is 2.81 bits per heavy atom. The summed E-state index contributed by atoms with van der Waals surface area (Å²) in [6.45, 7) is 2.11. The van der Waals surface area contributed by atoms with Gasteiger partial charge < -0.3 is 15.3 Å². The molecule has 0 radical (unpaired) electrons. The number of nitrogens with one attached hydrogen (secondary N) is 1. The first-order valence-corrected chi connectivity index (χ1v) is 7.61. The van der Waals surface area contributed by atoms with Crippen LogP contribution in [0.25, 0.3) is 10.6 Å². The van der Waals surface area contributed by atoms with E-state index in [1.165, 1.54) is 4.90 Å². The quantitative estimate of drug-likeness (QED) is 0.891. The molecule has 1 heterocycles. The fourth-order valence-corrected chi connectivity index (χ4v) is 2.54. The van der Waals surface area contributed by atoms with E-state index < -0.39 is 0 Å². The van der Waals surface area contributed by atoms with Crippen molar-refractivity contribution in [2.45, 2.75) is 19.5 Å². The molecule has 1 aromatic carbocycles. The minimum Gasteiger partial charge on any atom is -0.394 e. The van der Waals surface area contributed by atoms with Crippen molar-refractivity contribution in [3.05, 3.63) is 41.4 Å². The van der Waals surface area contributed by atoms with Crippen LogP contribution in [-0.2, 0) is 6.54 Å². The number of aliphatic hydroxyl groups is 1. The van der Waals surface area contributed by atoms with E-state index in [4.69, 9.17) is 5.11 Å². The number of likely N-dealkylation sites (N-methyl/N-ethyl adjacent to an activating group) is 1. The van der Waals surface area contributed by atoms with Gasteiger partial charge in [0.2, 0.25) is 0 Å². The van der Waals surface area contributed by atoms with Gasteiger partial charge in [-0.05, 0) is 6.92 Å². The van der Waals surface area contributed by atoms with E-state index >= 15 is 0 Å². The summed E-state index contributed by atoms with van der Waals surface area (Å²) in [7, 11) is 1.66. The molecule has 1 atom stereocenters. The lowest BCUT2D eigenvalue weighted by molar-refractivity contribution is 0.157. The predicted octanol–water partition coefficient (Wildman–Crippen LogP) is 2.33. The van der Waals surface area contributed by atoms with E-state index in [0.717, 1.165) is 16.3 Å². The molecule has 0 saturated carbocycles. The van der Waals surface area contributed by atoms with Gasteiger partial charge in [0.25, 0.3) is 0 Å². The third-order valence-corrected chi connectivity index (χ3v) is 4.18. The van der Waals surface area contributed by atoms with Crippen LogP contribution in [0, 0.1) is 0 Å². The van der Waals surface area contributed by atoms with Crippen LogP contribution < -0.4 is 5.32 Å². The summed E-state index contributed by atoms with van der Waals surface area (Å²) in [6.07, 6.45) is 0. The molecule has 0 fully saturated rings. The Balaban J connectivity index is 1.93. The van der Waals surface area contributed by atoms with Crippen molar-refractivity contribution >= 4 is 17.4 Å². The Kier molecular flexibility index (Phi) is 5.30. The summed E-state index contributed by atoms with van der Waals surface area (Å²) >= 11 is 1.56. The van der Waals surface area contributed by atoms with Gasteiger partial charge in [-0.15, -0.1) is 11.3 Å². The average Bonchev–Trinajstić information content (AvgIpc) is 3.01. The molecule has 112 valence electrons. The number of hydrogen-bond acceptors (Lipinski definition) is 4. The Labute approximate surface area is 128 Å². The van der Waals surface area contributed by atoms with Gasteiger partial charge in [0.1, 0.15) is 5.01 Å². The molecular formula is C15H19N3O2S. The SMILES string of the molecule is CC(CO)N(C)C(=O)NCc1csc(-c2ccccc2)n1. The van der Waals surface area contributed by atoms with Gasteiger partial charge in [0, 0.05) is 18.0 Å². The number of urea groups is 1. The van der Waals surface area contributed by atoms with Crippen LogP contribution in [0.15, 0.2) is 35.7 Å². The fourth-order valence-electron chi connectivity index (χ4n) is 1.71. The molecule has 2 N–H and O–H groups in total. The molecule has 0 saturated heterocycles. The highest BCUT2D eigenvalue weighted by molar-refractivity contribution is 7.13. The molecule has 1 aromatic heterocycles. The molecule has 21 heavy (non-hydrogen) atoms. The monoisotopic (exact) mass is 305 g/mol. The summed E-state index contributed by atoms with van der Waals surface area (Å²) in [5.41, 5.74) is 1.91. The van der Waals surface area contributed by atoms with Gasteiger partial charge in [-0.25, -0.2) is 9.78 Å². The number of nitrogens with zero attached hydrogens (tertiary/aromatic N) is 2. The van der Waals surface area contributed by atoms with Crippen molar-refractivity contribution in [1.82, 2.24) is 15.2 Å². The number of thiazole rings is 1. The number of aliphatic hydroxyl groups excluding tert-OH is 1. The van der Waals surface area contributed by atoms with Crippen LogP contribution in [0.4, 0.5) is 4.79 Å². The predicted molar refractivity (Wildman–Crippen MR) is 84.1 cm³/mol. The number of amides is 2. The Morgan fingerprint density at radius 2 is 2.14 bits per heavy atom. The van der Waals surface area contributed by atoms with E-state index in [1.807, 2.05) is 35.7 Å². The molecule has 2 rings (SSSR count). The molecule has 2 aromatic rings. The maximum atomic E-state index is 11.9. The van der Waals surface area contributed by atoms with E-state index in [2.05, 4.69) is 10.3 Å². The molecule has 5 nitrogen and oxygen atoms in total. The smallest absolute Gasteiger partial charge is 0.317 e. The van der Waals surface area contributed by atoms with Crippen LogP contribution in [-0.4, -0.2) is 40.7 Å². The van der Waals surface area contributed by atoms with Crippen LogP contribution in [0.5, 0.6) is 0 Å². The zero-order chi connectivity index (χ0) is 15.2. The zero-order valence-corrected chi connectivity index (χ0v) is 12.9. The molecule has 2 amide bonds. The van der Waals surface area contributed by atoms with Crippen LogP contribution in [0.1, 0.15) is 12.6 Å². The minimum atomic E-state index is -0.217.